The molecule has 6 heteroatoms. The smallest absolute Gasteiger partial charge is 0.242 e. The van der Waals surface area contributed by atoms with Gasteiger partial charge >= 0.3 is 0 Å². The first-order valence-electron chi connectivity index (χ1n) is 9.89. The van der Waals surface area contributed by atoms with E-state index in [4.69, 9.17) is 23.2 Å². The number of rotatable bonds is 9. The number of hydrogen-bond donors (Lipinski definition) is 1. The quantitative estimate of drug-likeness (QED) is 0.584. The molecule has 2 amide bonds. The van der Waals surface area contributed by atoms with Gasteiger partial charge in [0.2, 0.25) is 11.8 Å². The highest BCUT2D eigenvalue weighted by Gasteiger charge is 2.26. The number of amides is 2. The third-order valence-electron chi connectivity index (χ3n) is 4.98. The van der Waals surface area contributed by atoms with Gasteiger partial charge in [0.25, 0.3) is 0 Å². The largest absolute Gasteiger partial charge is 0.352 e. The molecule has 0 unspecified atom stereocenters. The van der Waals surface area contributed by atoms with Gasteiger partial charge in [0.1, 0.15) is 6.04 Å². The summed E-state index contributed by atoms with van der Waals surface area (Å²) in [6.07, 6.45) is 1.77. The molecule has 0 fully saturated rings. The average Bonchev–Trinajstić information content (AvgIpc) is 2.72. The van der Waals surface area contributed by atoms with E-state index in [2.05, 4.69) is 5.32 Å². The van der Waals surface area contributed by atoms with Crippen molar-refractivity contribution in [3.05, 3.63) is 69.7 Å². The zero-order chi connectivity index (χ0) is 21.4. The fraction of sp³-hybridized carbons (Fsp3) is 0.391. The molecule has 1 N–H and O–H groups in total. The Morgan fingerprint density at radius 1 is 1.00 bits per heavy atom. The van der Waals surface area contributed by atoms with Gasteiger partial charge in [0.05, 0.1) is 10.0 Å². The van der Waals surface area contributed by atoms with E-state index in [0.717, 1.165) is 17.5 Å². The molecule has 0 bridgehead atoms. The summed E-state index contributed by atoms with van der Waals surface area (Å²) in [5, 5.41) is 3.85. The zero-order valence-electron chi connectivity index (χ0n) is 17.1. The third-order valence-corrected chi connectivity index (χ3v) is 5.71. The molecule has 2 aromatic carbocycles. The van der Waals surface area contributed by atoms with E-state index in [1.807, 2.05) is 50.2 Å². The molecule has 2 atom stereocenters. The minimum Gasteiger partial charge on any atom is -0.352 e. The molecule has 4 nitrogen and oxygen atoms in total. The molecule has 2 rings (SSSR count). The molecule has 29 heavy (non-hydrogen) atoms. The monoisotopic (exact) mass is 434 g/mol. The van der Waals surface area contributed by atoms with Gasteiger partial charge in [0, 0.05) is 19.0 Å². The molecule has 0 aliphatic rings. The van der Waals surface area contributed by atoms with Crippen LogP contribution in [0.1, 0.15) is 44.7 Å². The summed E-state index contributed by atoms with van der Waals surface area (Å²) < 4.78 is 0. The Labute approximate surface area is 183 Å². The Hall–Kier alpha value is -2.04. The maximum atomic E-state index is 13.1. The van der Waals surface area contributed by atoms with Crippen molar-refractivity contribution in [2.45, 2.75) is 58.7 Å². The summed E-state index contributed by atoms with van der Waals surface area (Å²) >= 11 is 12.1. The van der Waals surface area contributed by atoms with E-state index in [9.17, 15) is 9.59 Å². The maximum absolute atomic E-state index is 13.1. The van der Waals surface area contributed by atoms with E-state index in [1.54, 1.807) is 24.0 Å². The molecule has 0 spiro atoms. The summed E-state index contributed by atoms with van der Waals surface area (Å²) in [6.45, 7) is 6.01. The van der Waals surface area contributed by atoms with Crippen LogP contribution in [0.4, 0.5) is 0 Å². The van der Waals surface area contributed by atoms with Gasteiger partial charge in [-0.25, -0.2) is 0 Å². The summed E-state index contributed by atoms with van der Waals surface area (Å²) in [5.41, 5.74) is 1.92. The van der Waals surface area contributed by atoms with Crippen molar-refractivity contribution in [2.24, 2.45) is 0 Å². The molecular formula is C23H28Cl2N2O2. The minimum absolute atomic E-state index is 0.0520. The molecule has 0 aliphatic heterocycles. The van der Waals surface area contributed by atoms with Crippen molar-refractivity contribution < 1.29 is 9.59 Å². The normalized spacial score (nSPS) is 12.9. The molecule has 0 heterocycles. The van der Waals surface area contributed by atoms with Gasteiger partial charge in [-0.1, -0.05) is 66.5 Å². The van der Waals surface area contributed by atoms with Gasteiger partial charge in [-0.05, 0) is 49.9 Å². The lowest BCUT2D eigenvalue weighted by Crippen LogP contribution is -2.49. The van der Waals surface area contributed by atoms with Crippen molar-refractivity contribution in [3.8, 4) is 0 Å². The third kappa shape index (κ3) is 7.06. The number of aryl methyl sites for hydroxylation is 1. The van der Waals surface area contributed by atoms with Crippen LogP contribution >= 0.6 is 23.2 Å². The maximum Gasteiger partial charge on any atom is 0.242 e. The number of hydrogen-bond acceptors (Lipinski definition) is 2. The van der Waals surface area contributed by atoms with Crippen molar-refractivity contribution in [1.29, 1.82) is 0 Å². The fourth-order valence-corrected chi connectivity index (χ4v) is 3.24. The number of halogens is 2. The van der Waals surface area contributed by atoms with Crippen LogP contribution in [0.2, 0.25) is 10.0 Å². The van der Waals surface area contributed by atoms with Crippen molar-refractivity contribution in [1.82, 2.24) is 10.2 Å². The van der Waals surface area contributed by atoms with Gasteiger partial charge in [0.15, 0.2) is 0 Å². The second-order valence-electron chi connectivity index (χ2n) is 7.25. The van der Waals surface area contributed by atoms with E-state index >= 15 is 0 Å². The Kier molecular flexibility index (Phi) is 8.99. The molecule has 0 saturated carbocycles. The summed E-state index contributed by atoms with van der Waals surface area (Å²) in [4.78, 5) is 27.4. The number of nitrogens with one attached hydrogen (secondary N) is 1. The Morgan fingerprint density at radius 2 is 1.69 bits per heavy atom. The van der Waals surface area contributed by atoms with Crippen LogP contribution in [0.15, 0.2) is 48.5 Å². The predicted octanol–water partition coefficient (Wildman–Crippen LogP) is 5.26. The van der Waals surface area contributed by atoms with E-state index in [1.165, 1.54) is 0 Å². The van der Waals surface area contributed by atoms with Gasteiger partial charge in [-0.2, -0.15) is 0 Å². The lowest BCUT2D eigenvalue weighted by atomic mass is 10.1. The van der Waals surface area contributed by atoms with Crippen molar-refractivity contribution in [2.75, 3.05) is 0 Å². The number of carbonyl (C=O) groups excluding carboxylic acids is 2. The molecule has 0 saturated heterocycles. The summed E-state index contributed by atoms with van der Waals surface area (Å²) in [6, 6.07) is 14.6. The number of benzene rings is 2. The van der Waals surface area contributed by atoms with Crippen LogP contribution in [-0.2, 0) is 22.6 Å². The van der Waals surface area contributed by atoms with E-state index in [0.29, 0.717) is 29.4 Å². The van der Waals surface area contributed by atoms with Gasteiger partial charge in [-0.3, -0.25) is 9.59 Å². The second-order valence-corrected chi connectivity index (χ2v) is 8.06. The Morgan fingerprint density at radius 3 is 2.31 bits per heavy atom. The molecule has 0 aromatic heterocycles. The predicted molar refractivity (Wildman–Crippen MR) is 119 cm³/mol. The zero-order valence-corrected chi connectivity index (χ0v) is 18.6. The van der Waals surface area contributed by atoms with Crippen LogP contribution in [0.25, 0.3) is 0 Å². The SMILES string of the molecule is CC[C@@H](C)NC(=O)[C@@H](C)N(Cc1ccc(Cl)c(Cl)c1)C(=O)CCc1ccccc1. The minimum atomic E-state index is -0.596. The molecule has 0 radical (unpaired) electrons. The highest BCUT2D eigenvalue weighted by molar-refractivity contribution is 6.42. The number of carbonyl (C=O) groups is 2. The standard InChI is InChI=1S/C23H28Cl2N2O2/c1-4-16(2)26-23(29)17(3)27(15-19-10-12-20(24)21(25)14-19)22(28)13-11-18-8-6-5-7-9-18/h5-10,12,14,16-17H,4,11,13,15H2,1-3H3,(H,26,29)/t16-,17-/m1/s1. The highest BCUT2D eigenvalue weighted by atomic mass is 35.5. The number of nitrogens with zero attached hydrogens (tertiary/aromatic N) is 1. The topological polar surface area (TPSA) is 49.4 Å². The van der Waals surface area contributed by atoms with Crippen molar-refractivity contribution >= 4 is 35.0 Å². The van der Waals surface area contributed by atoms with Crippen LogP contribution in [-0.4, -0.2) is 28.8 Å². The van der Waals surface area contributed by atoms with E-state index < -0.39 is 6.04 Å². The second kappa shape index (κ2) is 11.2. The van der Waals surface area contributed by atoms with Crippen LogP contribution in [0, 0.1) is 0 Å². The molecule has 0 aliphatic carbocycles. The lowest BCUT2D eigenvalue weighted by molar-refractivity contribution is -0.140. The lowest BCUT2D eigenvalue weighted by Gasteiger charge is -2.30. The molecular weight excluding hydrogens is 407 g/mol. The first-order chi connectivity index (χ1) is 13.8. The molecule has 2 aromatic rings. The van der Waals surface area contributed by atoms with Crippen LogP contribution < -0.4 is 5.32 Å². The van der Waals surface area contributed by atoms with Gasteiger partial charge in [-0.15, -0.1) is 0 Å². The van der Waals surface area contributed by atoms with Crippen LogP contribution in [0.3, 0.4) is 0 Å². The first-order valence-corrected chi connectivity index (χ1v) is 10.6. The first kappa shape index (κ1) is 23.2. The summed E-state index contributed by atoms with van der Waals surface area (Å²) in [7, 11) is 0. The average molecular weight is 435 g/mol. The van der Waals surface area contributed by atoms with Crippen LogP contribution in [0.5, 0.6) is 0 Å². The van der Waals surface area contributed by atoms with E-state index in [-0.39, 0.29) is 17.9 Å². The highest BCUT2D eigenvalue weighted by Crippen LogP contribution is 2.24. The Bertz CT molecular complexity index is 827. The Balaban J connectivity index is 2.17. The van der Waals surface area contributed by atoms with Crippen molar-refractivity contribution in [3.63, 3.8) is 0 Å². The summed E-state index contributed by atoms with van der Waals surface area (Å²) in [5.74, 6) is -0.237. The molecule has 156 valence electrons. The fourth-order valence-electron chi connectivity index (χ4n) is 2.92. The van der Waals surface area contributed by atoms with Gasteiger partial charge < -0.3 is 10.2 Å².